The maximum absolute atomic E-state index is 11.3. The second kappa shape index (κ2) is 6.59. The van der Waals surface area contributed by atoms with Crippen LogP contribution in [0.2, 0.25) is 0 Å². The first-order valence-electron chi connectivity index (χ1n) is 7.42. The normalized spacial score (nSPS) is 22.4. The number of nitrogens with zero attached hydrogens (tertiary/aromatic N) is 1. The number of aromatic nitrogens is 1. The number of hydrogen-bond donors (Lipinski definition) is 3. The lowest BCUT2D eigenvalue weighted by molar-refractivity contribution is 0.100. The Bertz CT molecular complexity index is 467. The van der Waals surface area contributed by atoms with Crippen molar-refractivity contribution in [2.45, 2.75) is 51.5 Å². The molecule has 0 aromatic carbocycles. The number of nitrogens with one attached hydrogen (secondary N) is 1. The van der Waals surface area contributed by atoms with Gasteiger partial charge in [0.05, 0.1) is 17.4 Å². The molecular formula is C15H24N4O. The van der Waals surface area contributed by atoms with E-state index in [4.69, 9.17) is 11.5 Å². The standard InChI is InChI=1S/C15H24N4O/c1-2-3-10-4-6-11(7-5-10)19-14-8-12(15(17)20)13(16)9-18-14/h8-11H,2-7,16H2,1H3,(H2,17,20)(H,18,19). The number of hydrogen-bond acceptors (Lipinski definition) is 4. The van der Waals surface area contributed by atoms with E-state index in [1.54, 1.807) is 6.07 Å². The summed E-state index contributed by atoms with van der Waals surface area (Å²) >= 11 is 0. The number of amides is 1. The molecule has 110 valence electrons. The fraction of sp³-hybridized carbons (Fsp3) is 0.600. The van der Waals surface area contributed by atoms with E-state index in [-0.39, 0.29) is 0 Å². The van der Waals surface area contributed by atoms with E-state index in [0.717, 1.165) is 18.8 Å². The van der Waals surface area contributed by atoms with Gasteiger partial charge in [0.1, 0.15) is 5.82 Å². The lowest BCUT2D eigenvalue weighted by atomic mass is 9.83. The molecule has 0 radical (unpaired) electrons. The number of nitrogens with two attached hydrogens (primary N) is 2. The van der Waals surface area contributed by atoms with Crippen LogP contribution in [-0.4, -0.2) is 16.9 Å². The summed E-state index contributed by atoms with van der Waals surface area (Å²) in [7, 11) is 0. The molecule has 1 amide bonds. The van der Waals surface area contributed by atoms with E-state index in [1.807, 2.05) is 0 Å². The van der Waals surface area contributed by atoms with Crippen LogP contribution in [-0.2, 0) is 0 Å². The SMILES string of the molecule is CCCC1CCC(Nc2cc(C(N)=O)c(N)cn2)CC1. The van der Waals surface area contributed by atoms with E-state index in [1.165, 1.54) is 31.9 Å². The van der Waals surface area contributed by atoms with Gasteiger partial charge in [-0.15, -0.1) is 0 Å². The van der Waals surface area contributed by atoms with Crippen LogP contribution in [0.5, 0.6) is 0 Å². The smallest absolute Gasteiger partial charge is 0.250 e. The third-order valence-electron chi connectivity index (χ3n) is 4.10. The van der Waals surface area contributed by atoms with Crippen molar-refractivity contribution in [1.82, 2.24) is 4.98 Å². The Morgan fingerprint density at radius 1 is 1.40 bits per heavy atom. The highest BCUT2D eigenvalue weighted by molar-refractivity contribution is 5.98. The quantitative estimate of drug-likeness (QED) is 0.770. The van der Waals surface area contributed by atoms with Gasteiger partial charge in [-0.1, -0.05) is 19.8 Å². The van der Waals surface area contributed by atoms with Crippen LogP contribution in [0.25, 0.3) is 0 Å². The average molecular weight is 276 g/mol. The van der Waals surface area contributed by atoms with Crippen LogP contribution in [0.15, 0.2) is 12.3 Å². The Morgan fingerprint density at radius 3 is 2.70 bits per heavy atom. The molecule has 0 unspecified atom stereocenters. The molecule has 0 atom stereocenters. The van der Waals surface area contributed by atoms with Gasteiger partial charge in [0.15, 0.2) is 0 Å². The van der Waals surface area contributed by atoms with Gasteiger partial charge in [-0.05, 0) is 37.7 Å². The van der Waals surface area contributed by atoms with Crippen LogP contribution in [0, 0.1) is 5.92 Å². The molecule has 1 fully saturated rings. The predicted octanol–water partition coefficient (Wildman–Crippen LogP) is 2.53. The minimum atomic E-state index is -0.514. The van der Waals surface area contributed by atoms with Crippen molar-refractivity contribution in [1.29, 1.82) is 0 Å². The van der Waals surface area contributed by atoms with E-state index in [9.17, 15) is 4.79 Å². The molecule has 2 rings (SSSR count). The van der Waals surface area contributed by atoms with Gasteiger partial charge in [-0.25, -0.2) is 4.98 Å². The Hall–Kier alpha value is -1.78. The van der Waals surface area contributed by atoms with Crippen LogP contribution in [0.3, 0.4) is 0 Å². The molecular weight excluding hydrogens is 252 g/mol. The summed E-state index contributed by atoms with van der Waals surface area (Å²) in [6.07, 6.45) is 8.94. The molecule has 0 saturated heterocycles. The summed E-state index contributed by atoms with van der Waals surface area (Å²) in [6, 6.07) is 2.08. The topological polar surface area (TPSA) is 94.0 Å². The van der Waals surface area contributed by atoms with E-state index in [2.05, 4.69) is 17.2 Å². The van der Waals surface area contributed by atoms with Crippen molar-refractivity contribution in [2.75, 3.05) is 11.1 Å². The summed E-state index contributed by atoms with van der Waals surface area (Å²) in [5.41, 5.74) is 11.6. The molecule has 1 aromatic rings. The minimum Gasteiger partial charge on any atom is -0.397 e. The van der Waals surface area contributed by atoms with Gasteiger partial charge in [0.2, 0.25) is 0 Å². The van der Waals surface area contributed by atoms with E-state index < -0.39 is 5.91 Å². The molecule has 1 saturated carbocycles. The van der Waals surface area contributed by atoms with Gasteiger partial charge in [-0.2, -0.15) is 0 Å². The van der Waals surface area contributed by atoms with Crippen molar-refractivity contribution < 1.29 is 4.79 Å². The van der Waals surface area contributed by atoms with E-state index >= 15 is 0 Å². The van der Waals surface area contributed by atoms with Crippen molar-refractivity contribution in [3.05, 3.63) is 17.8 Å². The highest BCUT2D eigenvalue weighted by Gasteiger charge is 2.21. The van der Waals surface area contributed by atoms with Gasteiger partial charge in [0.25, 0.3) is 5.91 Å². The molecule has 0 spiro atoms. The lowest BCUT2D eigenvalue weighted by Gasteiger charge is -2.29. The summed E-state index contributed by atoms with van der Waals surface area (Å²) < 4.78 is 0. The number of anilines is 2. The molecule has 1 aromatic heterocycles. The van der Waals surface area contributed by atoms with Crippen LogP contribution < -0.4 is 16.8 Å². The molecule has 1 aliphatic rings. The highest BCUT2D eigenvalue weighted by Crippen LogP contribution is 2.29. The average Bonchev–Trinajstić information content (AvgIpc) is 2.43. The van der Waals surface area contributed by atoms with Crippen LogP contribution >= 0.6 is 0 Å². The fourth-order valence-electron chi connectivity index (χ4n) is 2.97. The number of carbonyl (C=O) groups is 1. The summed E-state index contributed by atoms with van der Waals surface area (Å²) in [6.45, 7) is 2.24. The number of carbonyl (C=O) groups excluding carboxylic acids is 1. The number of primary amides is 1. The summed E-state index contributed by atoms with van der Waals surface area (Å²) in [5, 5.41) is 3.39. The molecule has 5 N–H and O–H groups in total. The number of nitrogen functional groups attached to an aromatic ring is 1. The van der Waals surface area contributed by atoms with Crippen molar-refractivity contribution in [3.63, 3.8) is 0 Å². The second-order valence-electron chi connectivity index (χ2n) is 5.67. The predicted molar refractivity (Wildman–Crippen MR) is 81.4 cm³/mol. The van der Waals surface area contributed by atoms with Crippen LogP contribution in [0.4, 0.5) is 11.5 Å². The maximum Gasteiger partial charge on any atom is 0.250 e. The highest BCUT2D eigenvalue weighted by atomic mass is 16.1. The van der Waals surface area contributed by atoms with E-state index in [0.29, 0.717) is 23.1 Å². The zero-order chi connectivity index (χ0) is 14.5. The third kappa shape index (κ3) is 3.62. The fourth-order valence-corrected chi connectivity index (χ4v) is 2.97. The zero-order valence-corrected chi connectivity index (χ0v) is 12.1. The third-order valence-corrected chi connectivity index (χ3v) is 4.10. The Balaban J connectivity index is 1.94. The first-order valence-corrected chi connectivity index (χ1v) is 7.42. The molecule has 0 bridgehead atoms. The number of rotatable bonds is 5. The Labute approximate surface area is 120 Å². The Morgan fingerprint density at radius 2 is 2.10 bits per heavy atom. The zero-order valence-electron chi connectivity index (χ0n) is 12.1. The second-order valence-corrected chi connectivity index (χ2v) is 5.67. The van der Waals surface area contributed by atoms with Crippen molar-refractivity contribution in [3.8, 4) is 0 Å². The van der Waals surface area contributed by atoms with Gasteiger partial charge in [-0.3, -0.25) is 4.79 Å². The molecule has 5 heteroatoms. The molecule has 0 aliphatic heterocycles. The lowest BCUT2D eigenvalue weighted by Crippen LogP contribution is -2.26. The first kappa shape index (κ1) is 14.6. The number of pyridine rings is 1. The van der Waals surface area contributed by atoms with Crippen LogP contribution in [0.1, 0.15) is 55.8 Å². The maximum atomic E-state index is 11.3. The van der Waals surface area contributed by atoms with Gasteiger partial charge < -0.3 is 16.8 Å². The summed E-state index contributed by atoms with van der Waals surface area (Å²) in [5.74, 6) is 1.05. The summed E-state index contributed by atoms with van der Waals surface area (Å²) in [4.78, 5) is 15.5. The molecule has 5 nitrogen and oxygen atoms in total. The van der Waals surface area contributed by atoms with Crippen molar-refractivity contribution >= 4 is 17.4 Å². The monoisotopic (exact) mass is 276 g/mol. The largest absolute Gasteiger partial charge is 0.397 e. The van der Waals surface area contributed by atoms with Gasteiger partial charge >= 0.3 is 0 Å². The van der Waals surface area contributed by atoms with Crippen molar-refractivity contribution in [2.24, 2.45) is 11.7 Å². The Kier molecular flexibility index (Phi) is 4.82. The van der Waals surface area contributed by atoms with Gasteiger partial charge in [0, 0.05) is 6.04 Å². The molecule has 1 aliphatic carbocycles. The molecule has 1 heterocycles. The first-order chi connectivity index (χ1) is 9.60. The minimum absolute atomic E-state index is 0.328. The molecule has 20 heavy (non-hydrogen) atoms.